The Morgan fingerprint density at radius 2 is 0.957 bits per heavy atom. The summed E-state index contributed by atoms with van der Waals surface area (Å²) in [5.41, 5.74) is 18.7. The molecule has 2 aliphatic rings. The van der Waals surface area contributed by atoms with Gasteiger partial charge >= 0.3 is 0 Å². The topological polar surface area (TPSA) is 3.24 Å². The minimum atomic E-state index is -0.264. The van der Waals surface area contributed by atoms with Gasteiger partial charge < -0.3 is 4.90 Å². The lowest BCUT2D eigenvalue weighted by atomic mass is 9.74. The summed E-state index contributed by atoms with van der Waals surface area (Å²) in [5.74, 6) is 0.571. The Hall–Kier alpha value is -8.00. The molecule has 0 N–H and O–H groups in total. The molecule has 1 fully saturated rings. The van der Waals surface area contributed by atoms with E-state index in [1.807, 2.05) is 0 Å². The first-order chi connectivity index (χ1) is 34.1. The van der Waals surface area contributed by atoms with Crippen LogP contribution < -0.4 is 4.90 Å². The zero-order valence-electron chi connectivity index (χ0n) is 39.1. The second kappa shape index (κ2) is 17.0. The molecule has 2 aliphatic carbocycles. The molecule has 330 valence electrons. The van der Waals surface area contributed by atoms with Crippen LogP contribution in [0.25, 0.3) is 76.8 Å². The SMILES string of the molecule is CC1(c2ccccc2)c2ccccc2-c2ccc(-c3ccc(N(c4ccccc4-c4cccc5c4ccc4ccccc45)c4ccccc4-c4cccc5cccc(C6CCCCC6)c45)cc3)cc21. The van der Waals surface area contributed by atoms with Gasteiger partial charge in [0.15, 0.2) is 0 Å². The van der Waals surface area contributed by atoms with Crippen molar-refractivity contribution in [3.05, 3.63) is 259 Å². The second-order valence-corrected chi connectivity index (χ2v) is 19.5. The van der Waals surface area contributed by atoms with Crippen molar-refractivity contribution in [2.45, 2.75) is 50.4 Å². The Morgan fingerprint density at radius 3 is 1.75 bits per heavy atom. The molecule has 1 atom stereocenters. The Morgan fingerprint density at radius 1 is 0.377 bits per heavy atom. The van der Waals surface area contributed by atoms with Crippen LogP contribution in [0.2, 0.25) is 0 Å². The largest absolute Gasteiger partial charge is 0.309 e. The normalized spacial score (nSPS) is 15.6. The Bertz CT molecular complexity index is 3720. The van der Waals surface area contributed by atoms with Gasteiger partial charge in [-0.1, -0.05) is 226 Å². The maximum Gasteiger partial charge on any atom is 0.0540 e. The molecule has 0 aliphatic heterocycles. The quantitative estimate of drug-likeness (QED) is 0.137. The van der Waals surface area contributed by atoms with E-state index in [9.17, 15) is 0 Å². The average Bonchev–Trinajstić information content (AvgIpc) is 3.69. The first kappa shape index (κ1) is 41.2. The predicted octanol–water partition coefficient (Wildman–Crippen LogP) is 19.0. The van der Waals surface area contributed by atoms with Crippen LogP contribution in [-0.2, 0) is 5.41 Å². The fourth-order valence-corrected chi connectivity index (χ4v) is 12.4. The van der Waals surface area contributed by atoms with Crippen LogP contribution in [0, 0.1) is 0 Å². The summed E-state index contributed by atoms with van der Waals surface area (Å²) in [4.78, 5) is 2.53. The molecule has 13 rings (SSSR count). The zero-order chi connectivity index (χ0) is 45.9. The van der Waals surface area contributed by atoms with E-state index >= 15 is 0 Å². The molecule has 11 aromatic rings. The summed E-state index contributed by atoms with van der Waals surface area (Å²) >= 11 is 0. The molecule has 69 heavy (non-hydrogen) atoms. The number of para-hydroxylation sites is 2. The maximum atomic E-state index is 2.53. The third-order valence-electron chi connectivity index (χ3n) is 15.8. The molecule has 1 nitrogen and oxygen atoms in total. The number of fused-ring (bicyclic) bond motifs is 7. The Labute approximate surface area is 406 Å². The number of hydrogen-bond donors (Lipinski definition) is 0. The van der Waals surface area contributed by atoms with Gasteiger partial charge in [0.05, 0.1) is 11.4 Å². The lowest BCUT2D eigenvalue weighted by molar-refractivity contribution is 0.445. The molecule has 0 amide bonds. The Balaban J connectivity index is 0.998. The van der Waals surface area contributed by atoms with Gasteiger partial charge in [-0.3, -0.25) is 0 Å². The molecule has 1 heteroatoms. The standard InChI is InChI=1S/C68H53N/c1-68(51-24-6-3-7-25-51)63-34-13-10-27-58(63)59-44-40-50(45-64(59)68)46-37-41-52(42-38-46)69(65-35-14-11-28-60(65)56-32-18-31-55-53-26-9-8-21-48(53)39-43-57(55)56)66-36-15-12-29-61(66)62-33-17-23-49-22-16-30-54(67(49)62)47-19-4-2-5-20-47/h3,6-18,21-45,47H,2,4-5,19-20H2,1H3. The van der Waals surface area contributed by atoms with Crippen molar-refractivity contribution in [1.82, 2.24) is 0 Å². The van der Waals surface area contributed by atoms with E-state index in [1.54, 1.807) is 0 Å². The van der Waals surface area contributed by atoms with E-state index in [2.05, 4.69) is 248 Å². The van der Waals surface area contributed by atoms with Crippen molar-refractivity contribution in [2.75, 3.05) is 4.90 Å². The van der Waals surface area contributed by atoms with Crippen molar-refractivity contribution >= 4 is 49.4 Å². The molecular formula is C68H53N. The van der Waals surface area contributed by atoms with Gasteiger partial charge in [-0.05, 0) is 144 Å². The van der Waals surface area contributed by atoms with Crippen molar-refractivity contribution < 1.29 is 0 Å². The smallest absolute Gasteiger partial charge is 0.0540 e. The van der Waals surface area contributed by atoms with Crippen LogP contribution in [0.4, 0.5) is 17.1 Å². The van der Waals surface area contributed by atoms with Gasteiger partial charge in [-0.2, -0.15) is 0 Å². The highest BCUT2D eigenvalue weighted by atomic mass is 15.1. The van der Waals surface area contributed by atoms with Crippen LogP contribution >= 0.6 is 0 Å². The molecule has 0 saturated heterocycles. The fourth-order valence-electron chi connectivity index (χ4n) is 12.4. The first-order valence-corrected chi connectivity index (χ1v) is 24.9. The second-order valence-electron chi connectivity index (χ2n) is 19.5. The van der Waals surface area contributed by atoms with Crippen molar-refractivity contribution in [3.63, 3.8) is 0 Å². The van der Waals surface area contributed by atoms with Gasteiger partial charge in [-0.25, -0.2) is 0 Å². The van der Waals surface area contributed by atoms with E-state index in [-0.39, 0.29) is 5.41 Å². The number of benzene rings is 11. The van der Waals surface area contributed by atoms with Gasteiger partial charge in [0, 0.05) is 22.2 Å². The van der Waals surface area contributed by atoms with Crippen LogP contribution in [0.3, 0.4) is 0 Å². The van der Waals surface area contributed by atoms with Gasteiger partial charge in [0.1, 0.15) is 0 Å². The molecule has 0 aromatic heterocycles. The molecule has 0 heterocycles. The first-order valence-electron chi connectivity index (χ1n) is 24.9. The van der Waals surface area contributed by atoms with E-state index in [0.29, 0.717) is 5.92 Å². The minimum Gasteiger partial charge on any atom is -0.309 e. The summed E-state index contributed by atoms with van der Waals surface area (Å²) in [6.07, 6.45) is 6.45. The summed E-state index contributed by atoms with van der Waals surface area (Å²) < 4.78 is 0. The summed E-state index contributed by atoms with van der Waals surface area (Å²) in [6.45, 7) is 2.40. The van der Waals surface area contributed by atoms with Crippen molar-refractivity contribution in [1.29, 1.82) is 0 Å². The van der Waals surface area contributed by atoms with E-state index in [4.69, 9.17) is 0 Å². The minimum absolute atomic E-state index is 0.264. The van der Waals surface area contributed by atoms with Gasteiger partial charge in [0.2, 0.25) is 0 Å². The molecule has 0 spiro atoms. The number of nitrogens with zero attached hydrogens (tertiary/aromatic N) is 1. The fraction of sp³-hybridized carbons (Fsp3) is 0.118. The monoisotopic (exact) mass is 883 g/mol. The van der Waals surface area contributed by atoms with Gasteiger partial charge in [0.25, 0.3) is 0 Å². The van der Waals surface area contributed by atoms with Crippen molar-refractivity contribution in [2.24, 2.45) is 0 Å². The molecular weight excluding hydrogens is 831 g/mol. The molecule has 1 unspecified atom stereocenters. The number of rotatable bonds is 8. The van der Waals surface area contributed by atoms with Crippen molar-refractivity contribution in [3.8, 4) is 44.5 Å². The lowest BCUT2D eigenvalue weighted by Crippen LogP contribution is -2.22. The number of anilines is 3. The molecule has 1 saturated carbocycles. The molecule has 11 aromatic carbocycles. The zero-order valence-corrected chi connectivity index (χ0v) is 39.1. The number of hydrogen-bond acceptors (Lipinski definition) is 1. The maximum absolute atomic E-state index is 2.53. The van der Waals surface area contributed by atoms with Gasteiger partial charge in [-0.15, -0.1) is 0 Å². The van der Waals surface area contributed by atoms with Crippen LogP contribution in [-0.4, -0.2) is 0 Å². The Kier molecular flexibility index (Phi) is 10.1. The molecule has 0 radical (unpaired) electrons. The lowest BCUT2D eigenvalue weighted by Gasteiger charge is -2.31. The van der Waals surface area contributed by atoms with E-state index < -0.39 is 0 Å². The van der Waals surface area contributed by atoms with E-state index in [1.165, 1.54) is 131 Å². The average molecular weight is 884 g/mol. The summed E-state index contributed by atoms with van der Waals surface area (Å²) in [6, 6.07) is 88.7. The van der Waals surface area contributed by atoms with Crippen LogP contribution in [0.5, 0.6) is 0 Å². The van der Waals surface area contributed by atoms with Crippen LogP contribution in [0.1, 0.15) is 67.2 Å². The third kappa shape index (κ3) is 6.82. The van der Waals surface area contributed by atoms with Crippen LogP contribution in [0.15, 0.2) is 237 Å². The summed E-state index contributed by atoms with van der Waals surface area (Å²) in [5, 5.41) is 7.75. The third-order valence-corrected chi connectivity index (χ3v) is 15.8. The highest BCUT2D eigenvalue weighted by molar-refractivity contribution is 6.13. The highest BCUT2D eigenvalue weighted by Gasteiger charge is 2.40. The predicted molar refractivity (Wildman–Crippen MR) is 293 cm³/mol. The van der Waals surface area contributed by atoms with E-state index in [0.717, 1.165) is 17.1 Å². The highest BCUT2D eigenvalue weighted by Crippen LogP contribution is 2.54. The summed E-state index contributed by atoms with van der Waals surface area (Å²) in [7, 11) is 0. The molecule has 0 bridgehead atoms.